The molecule has 8 nitrogen and oxygen atoms in total. The zero-order valence-corrected chi connectivity index (χ0v) is 16.2. The van der Waals surface area contributed by atoms with Gasteiger partial charge in [0, 0.05) is 0 Å². The SMILES string of the molecule is O=C1CN(C(=O)CN2C(=O)N[C@@]3(CCCc4ccccc43)C2=O)c2ccccc2N1. The van der Waals surface area contributed by atoms with E-state index in [0.717, 1.165) is 28.9 Å². The quantitative estimate of drug-likeness (QED) is 0.745. The zero-order chi connectivity index (χ0) is 20.9. The van der Waals surface area contributed by atoms with E-state index in [2.05, 4.69) is 10.6 Å². The number of amides is 5. The number of imide groups is 1. The maximum absolute atomic E-state index is 13.4. The Hall–Kier alpha value is -3.68. The Labute approximate surface area is 172 Å². The standard InChI is InChI=1S/C22H20N4O4/c27-18-12-25(17-10-4-3-9-16(17)23-18)19(28)13-26-20(29)22(24-21(26)30)11-5-7-14-6-1-2-8-15(14)22/h1-4,6,8-10H,5,7,11-13H2,(H,23,27)(H,24,30)/t22-/m1/s1. The molecule has 1 fully saturated rings. The number of carbonyl (C=O) groups excluding carboxylic acids is 4. The van der Waals surface area contributed by atoms with Gasteiger partial charge in [-0.2, -0.15) is 0 Å². The largest absolute Gasteiger partial charge is 0.325 e. The summed E-state index contributed by atoms with van der Waals surface area (Å²) in [5.74, 6) is -1.22. The van der Waals surface area contributed by atoms with Gasteiger partial charge < -0.3 is 10.6 Å². The van der Waals surface area contributed by atoms with Crippen LogP contribution in [-0.4, -0.2) is 41.7 Å². The van der Waals surface area contributed by atoms with Gasteiger partial charge in [-0.05, 0) is 42.5 Å². The van der Waals surface area contributed by atoms with E-state index in [0.29, 0.717) is 17.8 Å². The lowest BCUT2D eigenvalue weighted by Gasteiger charge is -2.33. The van der Waals surface area contributed by atoms with Crippen LogP contribution in [0.4, 0.5) is 16.2 Å². The molecule has 2 aliphatic heterocycles. The van der Waals surface area contributed by atoms with Crippen molar-refractivity contribution in [3.8, 4) is 0 Å². The molecular weight excluding hydrogens is 384 g/mol. The predicted molar refractivity (Wildman–Crippen MR) is 109 cm³/mol. The van der Waals surface area contributed by atoms with Crippen molar-refractivity contribution in [2.24, 2.45) is 0 Å². The molecule has 2 N–H and O–H groups in total. The van der Waals surface area contributed by atoms with Crippen molar-refractivity contribution < 1.29 is 19.2 Å². The van der Waals surface area contributed by atoms with Gasteiger partial charge in [0.25, 0.3) is 5.91 Å². The summed E-state index contributed by atoms with van der Waals surface area (Å²) >= 11 is 0. The summed E-state index contributed by atoms with van der Waals surface area (Å²) in [4.78, 5) is 53.5. The summed E-state index contributed by atoms with van der Waals surface area (Å²) in [6.07, 6.45) is 2.11. The second kappa shape index (κ2) is 6.69. The van der Waals surface area contributed by atoms with E-state index in [-0.39, 0.29) is 12.5 Å². The second-order valence-electron chi connectivity index (χ2n) is 7.78. The molecule has 0 bridgehead atoms. The van der Waals surface area contributed by atoms with E-state index in [9.17, 15) is 19.2 Å². The third-order valence-corrected chi connectivity index (χ3v) is 6.02. The minimum Gasteiger partial charge on any atom is -0.323 e. The highest BCUT2D eigenvalue weighted by Gasteiger charge is 2.54. The normalized spacial score (nSPS) is 22.5. The summed E-state index contributed by atoms with van der Waals surface area (Å²) in [6, 6.07) is 14.0. The number of fused-ring (bicyclic) bond motifs is 3. The fourth-order valence-corrected chi connectivity index (χ4v) is 4.63. The highest BCUT2D eigenvalue weighted by atomic mass is 16.2. The molecule has 152 valence electrons. The first-order valence-corrected chi connectivity index (χ1v) is 9.91. The Morgan fingerprint density at radius 3 is 2.67 bits per heavy atom. The van der Waals surface area contributed by atoms with Crippen LogP contribution in [0.2, 0.25) is 0 Å². The lowest BCUT2D eigenvalue weighted by Crippen LogP contribution is -2.49. The Morgan fingerprint density at radius 2 is 1.80 bits per heavy atom. The van der Waals surface area contributed by atoms with E-state index in [1.165, 1.54) is 4.90 Å². The Bertz CT molecular complexity index is 1100. The summed E-state index contributed by atoms with van der Waals surface area (Å²) < 4.78 is 0. The fourth-order valence-electron chi connectivity index (χ4n) is 4.63. The van der Waals surface area contributed by atoms with Crippen LogP contribution in [0.1, 0.15) is 24.0 Å². The minimum absolute atomic E-state index is 0.159. The van der Waals surface area contributed by atoms with E-state index >= 15 is 0 Å². The van der Waals surface area contributed by atoms with E-state index in [4.69, 9.17) is 0 Å². The highest BCUT2D eigenvalue weighted by Crippen LogP contribution is 2.40. The van der Waals surface area contributed by atoms with Gasteiger partial charge in [-0.3, -0.25) is 24.2 Å². The highest BCUT2D eigenvalue weighted by molar-refractivity contribution is 6.14. The smallest absolute Gasteiger partial charge is 0.323 e. The van der Waals surface area contributed by atoms with Crippen molar-refractivity contribution in [3.05, 3.63) is 59.7 Å². The lowest BCUT2D eigenvalue weighted by molar-refractivity contribution is -0.135. The molecule has 1 aliphatic carbocycles. The number of para-hydroxylation sites is 2. The van der Waals surface area contributed by atoms with Crippen LogP contribution in [0.5, 0.6) is 0 Å². The average molecular weight is 404 g/mol. The second-order valence-corrected chi connectivity index (χ2v) is 7.78. The summed E-state index contributed by atoms with van der Waals surface area (Å²) in [5, 5.41) is 5.57. The minimum atomic E-state index is -1.12. The van der Waals surface area contributed by atoms with Crippen molar-refractivity contribution in [2.75, 3.05) is 23.3 Å². The van der Waals surface area contributed by atoms with Crippen LogP contribution in [0.3, 0.4) is 0 Å². The van der Waals surface area contributed by atoms with E-state index in [1.54, 1.807) is 24.3 Å². The molecular formula is C22H20N4O4. The molecule has 1 atom stereocenters. The Balaban J connectivity index is 1.43. The number of benzene rings is 2. The van der Waals surface area contributed by atoms with Crippen molar-refractivity contribution in [2.45, 2.75) is 24.8 Å². The number of rotatable bonds is 2. The number of urea groups is 1. The fraction of sp³-hybridized carbons (Fsp3) is 0.273. The van der Waals surface area contributed by atoms with Gasteiger partial charge >= 0.3 is 6.03 Å². The summed E-state index contributed by atoms with van der Waals surface area (Å²) in [5.41, 5.74) is 1.78. The number of nitrogens with one attached hydrogen (secondary N) is 2. The third-order valence-electron chi connectivity index (χ3n) is 6.02. The molecule has 5 rings (SSSR count). The number of hydrogen-bond donors (Lipinski definition) is 2. The molecule has 1 saturated heterocycles. The molecule has 2 aromatic rings. The number of anilines is 2. The zero-order valence-electron chi connectivity index (χ0n) is 16.2. The molecule has 5 amide bonds. The monoisotopic (exact) mass is 404 g/mol. The predicted octanol–water partition coefficient (Wildman–Crippen LogP) is 1.76. The van der Waals surface area contributed by atoms with Gasteiger partial charge in [0.2, 0.25) is 11.8 Å². The molecule has 30 heavy (non-hydrogen) atoms. The first kappa shape index (κ1) is 18.4. The van der Waals surface area contributed by atoms with Gasteiger partial charge in [-0.25, -0.2) is 4.79 Å². The molecule has 0 unspecified atom stereocenters. The van der Waals surface area contributed by atoms with Crippen LogP contribution < -0.4 is 15.5 Å². The van der Waals surface area contributed by atoms with Gasteiger partial charge in [-0.15, -0.1) is 0 Å². The third kappa shape index (κ3) is 2.67. The van der Waals surface area contributed by atoms with Crippen molar-refractivity contribution >= 4 is 35.1 Å². The van der Waals surface area contributed by atoms with E-state index in [1.807, 2.05) is 24.3 Å². The van der Waals surface area contributed by atoms with Crippen LogP contribution in [-0.2, 0) is 26.3 Å². The lowest BCUT2D eigenvalue weighted by atomic mass is 9.76. The van der Waals surface area contributed by atoms with E-state index < -0.39 is 29.9 Å². The molecule has 0 saturated carbocycles. The maximum atomic E-state index is 13.4. The van der Waals surface area contributed by atoms with Crippen molar-refractivity contribution in [3.63, 3.8) is 0 Å². The van der Waals surface area contributed by atoms with Crippen LogP contribution in [0, 0.1) is 0 Å². The van der Waals surface area contributed by atoms with Gasteiger partial charge in [0.15, 0.2) is 0 Å². The number of hydrogen-bond acceptors (Lipinski definition) is 4. The number of aryl methyl sites for hydroxylation is 1. The summed E-state index contributed by atoms with van der Waals surface area (Å²) in [7, 11) is 0. The van der Waals surface area contributed by atoms with Crippen LogP contribution >= 0.6 is 0 Å². The first-order valence-electron chi connectivity index (χ1n) is 9.91. The van der Waals surface area contributed by atoms with Crippen molar-refractivity contribution in [1.82, 2.24) is 10.2 Å². The molecule has 3 aliphatic rings. The number of carbonyl (C=O) groups is 4. The van der Waals surface area contributed by atoms with Gasteiger partial charge in [-0.1, -0.05) is 36.4 Å². The molecule has 8 heteroatoms. The molecule has 0 aromatic heterocycles. The topological polar surface area (TPSA) is 98.8 Å². The molecule has 2 aromatic carbocycles. The maximum Gasteiger partial charge on any atom is 0.325 e. The Kier molecular flexibility index (Phi) is 4.09. The Morgan fingerprint density at radius 1 is 1.03 bits per heavy atom. The molecule has 2 heterocycles. The van der Waals surface area contributed by atoms with Crippen LogP contribution in [0.25, 0.3) is 0 Å². The van der Waals surface area contributed by atoms with Gasteiger partial charge in [0.05, 0.1) is 11.4 Å². The van der Waals surface area contributed by atoms with Crippen LogP contribution in [0.15, 0.2) is 48.5 Å². The van der Waals surface area contributed by atoms with Crippen molar-refractivity contribution in [1.29, 1.82) is 0 Å². The average Bonchev–Trinajstić information content (AvgIpc) is 2.98. The van der Waals surface area contributed by atoms with Gasteiger partial charge in [0.1, 0.15) is 18.6 Å². The molecule has 1 spiro atoms. The first-order chi connectivity index (χ1) is 14.5. The molecule has 0 radical (unpaired) electrons. The number of nitrogens with zero attached hydrogens (tertiary/aromatic N) is 2. The summed E-state index contributed by atoms with van der Waals surface area (Å²) in [6.45, 7) is -0.580.